The number of nitrogens with one attached hydrogen (secondary N) is 1. The molecule has 0 spiro atoms. The highest BCUT2D eigenvalue weighted by Crippen LogP contribution is 2.35. The summed E-state index contributed by atoms with van der Waals surface area (Å²) in [6, 6.07) is 6.98. The molecular weight excluding hydrogens is 292 g/mol. The highest BCUT2D eigenvalue weighted by molar-refractivity contribution is 9.10. The van der Waals surface area contributed by atoms with Gasteiger partial charge in [0.05, 0.1) is 7.11 Å². The van der Waals surface area contributed by atoms with E-state index in [1.165, 1.54) is 18.5 Å². The molecule has 1 heterocycles. The number of benzene rings is 1. The second-order valence-corrected chi connectivity index (χ2v) is 6.11. The van der Waals surface area contributed by atoms with Crippen molar-refractivity contribution < 1.29 is 4.74 Å². The lowest BCUT2D eigenvalue weighted by Crippen LogP contribution is -2.51. The van der Waals surface area contributed by atoms with Crippen molar-refractivity contribution in [2.75, 3.05) is 31.6 Å². The van der Waals surface area contributed by atoms with E-state index in [2.05, 4.69) is 38.3 Å². The Morgan fingerprint density at radius 3 is 2.89 bits per heavy atom. The molecule has 98 valence electrons. The van der Waals surface area contributed by atoms with Gasteiger partial charge in [0.1, 0.15) is 5.75 Å². The van der Waals surface area contributed by atoms with Crippen molar-refractivity contribution >= 4 is 21.6 Å². The predicted molar refractivity (Wildman–Crippen MR) is 77.4 cm³/mol. The summed E-state index contributed by atoms with van der Waals surface area (Å²) in [5.74, 6) is 1.82. The molecule has 4 heteroatoms. The van der Waals surface area contributed by atoms with Crippen LogP contribution in [0.3, 0.4) is 0 Å². The van der Waals surface area contributed by atoms with Gasteiger partial charge in [0.2, 0.25) is 0 Å². The third kappa shape index (κ3) is 2.64. The largest absolute Gasteiger partial charge is 0.497 e. The number of rotatable bonds is 3. The van der Waals surface area contributed by atoms with Crippen molar-refractivity contribution in [2.45, 2.75) is 18.9 Å². The zero-order valence-corrected chi connectivity index (χ0v) is 12.2. The van der Waals surface area contributed by atoms with E-state index in [1.54, 1.807) is 7.11 Å². The maximum absolute atomic E-state index is 5.34. The fourth-order valence-electron chi connectivity index (χ4n) is 2.68. The van der Waals surface area contributed by atoms with Crippen LogP contribution in [0, 0.1) is 5.92 Å². The van der Waals surface area contributed by atoms with Crippen LogP contribution in [-0.4, -0.2) is 32.8 Å². The van der Waals surface area contributed by atoms with E-state index in [-0.39, 0.29) is 0 Å². The fraction of sp³-hybridized carbons (Fsp3) is 0.571. The molecule has 1 saturated carbocycles. The van der Waals surface area contributed by atoms with Crippen molar-refractivity contribution in [3.63, 3.8) is 0 Å². The number of ether oxygens (including phenoxy) is 1. The summed E-state index contributed by atoms with van der Waals surface area (Å²) < 4.78 is 6.42. The molecule has 1 unspecified atom stereocenters. The maximum atomic E-state index is 5.34. The van der Waals surface area contributed by atoms with Gasteiger partial charge >= 0.3 is 0 Å². The van der Waals surface area contributed by atoms with Gasteiger partial charge in [0.25, 0.3) is 0 Å². The zero-order valence-electron chi connectivity index (χ0n) is 10.7. The van der Waals surface area contributed by atoms with Gasteiger partial charge in [-0.2, -0.15) is 0 Å². The molecule has 1 aromatic carbocycles. The molecular formula is C14H19BrN2O. The van der Waals surface area contributed by atoms with E-state index < -0.39 is 0 Å². The van der Waals surface area contributed by atoms with Crippen LogP contribution in [0.2, 0.25) is 0 Å². The molecule has 3 rings (SSSR count). The number of halogens is 1. The van der Waals surface area contributed by atoms with Crippen LogP contribution < -0.4 is 15.0 Å². The Morgan fingerprint density at radius 2 is 2.17 bits per heavy atom. The molecule has 1 atom stereocenters. The van der Waals surface area contributed by atoms with Crippen molar-refractivity contribution in [1.82, 2.24) is 5.32 Å². The van der Waals surface area contributed by atoms with E-state index in [1.807, 2.05) is 6.07 Å². The first-order valence-corrected chi connectivity index (χ1v) is 7.38. The van der Waals surface area contributed by atoms with E-state index in [0.29, 0.717) is 6.04 Å². The lowest BCUT2D eigenvalue weighted by Gasteiger charge is -2.35. The van der Waals surface area contributed by atoms with E-state index >= 15 is 0 Å². The molecule has 0 amide bonds. The first-order chi connectivity index (χ1) is 8.76. The highest BCUT2D eigenvalue weighted by atomic mass is 79.9. The summed E-state index contributed by atoms with van der Waals surface area (Å²) in [5.41, 5.74) is 1.26. The van der Waals surface area contributed by atoms with Gasteiger partial charge < -0.3 is 15.0 Å². The highest BCUT2D eigenvalue weighted by Gasteiger charge is 2.34. The second-order valence-electron chi connectivity index (χ2n) is 5.19. The SMILES string of the molecule is COc1cc(Br)cc(N2CCNC(C3CC3)C2)c1. The summed E-state index contributed by atoms with van der Waals surface area (Å²) >= 11 is 3.55. The quantitative estimate of drug-likeness (QED) is 0.929. The zero-order chi connectivity index (χ0) is 12.5. The molecule has 1 saturated heterocycles. The topological polar surface area (TPSA) is 24.5 Å². The Morgan fingerprint density at radius 1 is 1.33 bits per heavy atom. The van der Waals surface area contributed by atoms with Crippen molar-refractivity contribution in [3.05, 3.63) is 22.7 Å². The van der Waals surface area contributed by atoms with Crippen LogP contribution in [0.25, 0.3) is 0 Å². The summed E-state index contributed by atoms with van der Waals surface area (Å²) in [7, 11) is 1.72. The third-order valence-corrected chi connectivity index (χ3v) is 4.31. The number of nitrogens with zero attached hydrogens (tertiary/aromatic N) is 1. The van der Waals surface area contributed by atoms with Gasteiger partial charge in [-0.05, 0) is 30.9 Å². The normalized spacial score (nSPS) is 24.1. The number of hydrogen-bond donors (Lipinski definition) is 1. The summed E-state index contributed by atoms with van der Waals surface area (Å²) in [4.78, 5) is 2.47. The Hall–Kier alpha value is -0.740. The number of anilines is 1. The monoisotopic (exact) mass is 310 g/mol. The number of methoxy groups -OCH3 is 1. The minimum absolute atomic E-state index is 0.670. The van der Waals surface area contributed by atoms with Crippen molar-refractivity contribution in [2.24, 2.45) is 5.92 Å². The van der Waals surface area contributed by atoms with Crippen LogP contribution in [0.5, 0.6) is 5.75 Å². The molecule has 1 N–H and O–H groups in total. The van der Waals surface area contributed by atoms with Crippen LogP contribution >= 0.6 is 15.9 Å². The average Bonchev–Trinajstić information content (AvgIpc) is 3.22. The minimum atomic E-state index is 0.670. The Bertz CT molecular complexity index is 434. The lowest BCUT2D eigenvalue weighted by molar-refractivity contribution is 0.410. The van der Waals surface area contributed by atoms with Crippen LogP contribution in [0.1, 0.15) is 12.8 Å². The summed E-state index contributed by atoms with van der Waals surface area (Å²) in [6.45, 7) is 3.27. The maximum Gasteiger partial charge on any atom is 0.122 e. The van der Waals surface area contributed by atoms with Crippen molar-refractivity contribution in [1.29, 1.82) is 0 Å². The smallest absolute Gasteiger partial charge is 0.122 e. The van der Waals surface area contributed by atoms with Crippen molar-refractivity contribution in [3.8, 4) is 5.75 Å². The van der Waals surface area contributed by atoms with E-state index in [9.17, 15) is 0 Å². The lowest BCUT2D eigenvalue weighted by atomic mass is 10.1. The molecule has 1 aliphatic heterocycles. The first-order valence-electron chi connectivity index (χ1n) is 6.59. The van der Waals surface area contributed by atoms with Crippen LogP contribution in [-0.2, 0) is 0 Å². The Balaban J connectivity index is 1.78. The number of piperazine rings is 1. The third-order valence-electron chi connectivity index (χ3n) is 3.85. The van der Waals surface area contributed by atoms with Gasteiger partial charge in [-0.25, -0.2) is 0 Å². The Kier molecular flexibility index (Phi) is 3.48. The summed E-state index contributed by atoms with van der Waals surface area (Å²) in [6.07, 6.45) is 2.79. The molecule has 3 nitrogen and oxygen atoms in total. The standard InChI is InChI=1S/C14H19BrN2O/c1-18-13-7-11(15)6-12(8-13)17-5-4-16-14(9-17)10-2-3-10/h6-8,10,14,16H,2-5,9H2,1H3. The van der Waals surface area contributed by atoms with Crippen LogP contribution in [0.15, 0.2) is 22.7 Å². The van der Waals surface area contributed by atoms with E-state index in [0.717, 1.165) is 35.8 Å². The molecule has 1 aromatic rings. The molecule has 0 bridgehead atoms. The van der Waals surface area contributed by atoms with Gasteiger partial charge in [-0.3, -0.25) is 0 Å². The molecule has 1 aliphatic carbocycles. The number of hydrogen-bond acceptors (Lipinski definition) is 3. The Labute approximate surface area is 117 Å². The average molecular weight is 311 g/mol. The molecule has 2 aliphatic rings. The molecule has 18 heavy (non-hydrogen) atoms. The predicted octanol–water partition coefficient (Wildman–Crippen LogP) is 2.65. The molecule has 0 radical (unpaired) electrons. The first kappa shape index (κ1) is 12.3. The molecule has 0 aromatic heterocycles. The van der Waals surface area contributed by atoms with Gasteiger partial charge in [-0.1, -0.05) is 15.9 Å². The van der Waals surface area contributed by atoms with E-state index in [4.69, 9.17) is 4.74 Å². The minimum Gasteiger partial charge on any atom is -0.497 e. The second kappa shape index (κ2) is 5.10. The van der Waals surface area contributed by atoms with Gasteiger partial charge in [-0.15, -0.1) is 0 Å². The fourth-order valence-corrected chi connectivity index (χ4v) is 3.14. The molecule has 2 fully saturated rings. The van der Waals surface area contributed by atoms with Gasteiger partial charge in [0.15, 0.2) is 0 Å². The van der Waals surface area contributed by atoms with Crippen LogP contribution in [0.4, 0.5) is 5.69 Å². The van der Waals surface area contributed by atoms with Gasteiger partial charge in [0, 0.05) is 41.9 Å². The summed E-state index contributed by atoms with van der Waals surface area (Å²) in [5, 5.41) is 3.64.